The van der Waals surface area contributed by atoms with Gasteiger partial charge in [-0.15, -0.1) is 0 Å². The summed E-state index contributed by atoms with van der Waals surface area (Å²) in [4.78, 5) is 0. The molecule has 0 fully saturated rings. The first kappa shape index (κ1) is 18.4. The highest BCUT2D eigenvalue weighted by Gasteiger charge is 1.92. The normalized spacial score (nSPS) is 11.8. The molecular formula is C16H36. The van der Waals surface area contributed by atoms with Gasteiger partial charge in [-0.25, -0.2) is 0 Å². The fourth-order valence-corrected chi connectivity index (χ4v) is 1.73. The third-order valence-corrected chi connectivity index (χ3v) is 3.19. The molecule has 0 saturated carbocycles. The zero-order valence-corrected chi connectivity index (χ0v) is 12.6. The Hall–Kier alpha value is 0. The van der Waals surface area contributed by atoms with Crippen LogP contribution in [-0.2, 0) is 0 Å². The van der Waals surface area contributed by atoms with E-state index < -0.39 is 0 Å². The first-order valence-electron chi connectivity index (χ1n) is 7.72. The van der Waals surface area contributed by atoms with Gasteiger partial charge in [0.1, 0.15) is 0 Å². The Labute approximate surface area is 105 Å². The predicted molar refractivity (Wildman–Crippen MR) is 78.0 cm³/mol. The van der Waals surface area contributed by atoms with Crippen molar-refractivity contribution in [1.82, 2.24) is 0 Å². The second-order valence-electron chi connectivity index (χ2n) is 5.07. The maximum atomic E-state index is 2.31. The van der Waals surface area contributed by atoms with Crippen molar-refractivity contribution in [2.45, 2.75) is 98.8 Å². The smallest absolute Gasteiger partial charge is 0.0446 e. The van der Waals surface area contributed by atoms with Gasteiger partial charge in [0.15, 0.2) is 0 Å². The van der Waals surface area contributed by atoms with Crippen LogP contribution in [0.25, 0.3) is 0 Å². The summed E-state index contributed by atoms with van der Waals surface area (Å²) in [6.07, 6.45) is 14.1. The van der Waals surface area contributed by atoms with Gasteiger partial charge in [-0.3, -0.25) is 0 Å². The fraction of sp³-hybridized carbons (Fsp3) is 1.00. The predicted octanol–water partition coefficient (Wildman–Crippen LogP) is 6.59. The molecule has 0 aromatic heterocycles. The van der Waals surface area contributed by atoms with E-state index in [0.717, 1.165) is 5.92 Å². The summed E-state index contributed by atoms with van der Waals surface area (Å²) in [5.41, 5.74) is 0. The van der Waals surface area contributed by atoms with Crippen LogP contribution >= 0.6 is 0 Å². The lowest BCUT2D eigenvalue weighted by molar-refractivity contribution is 0.509. The highest BCUT2D eigenvalue weighted by molar-refractivity contribution is 4.45. The lowest BCUT2D eigenvalue weighted by Crippen LogP contribution is -1.88. The van der Waals surface area contributed by atoms with E-state index in [1.54, 1.807) is 0 Å². The van der Waals surface area contributed by atoms with Gasteiger partial charge in [-0.2, -0.15) is 0 Å². The Morgan fingerprint density at radius 1 is 0.625 bits per heavy atom. The van der Waals surface area contributed by atoms with Gasteiger partial charge >= 0.3 is 0 Å². The molecular weight excluding hydrogens is 192 g/mol. The summed E-state index contributed by atoms with van der Waals surface area (Å²) in [5, 5.41) is 0. The van der Waals surface area contributed by atoms with Gasteiger partial charge < -0.3 is 0 Å². The van der Waals surface area contributed by atoms with Crippen LogP contribution < -0.4 is 0 Å². The minimum atomic E-state index is 0.949. The number of unbranched alkanes of at least 4 members (excludes halogenated alkanes) is 6. The molecule has 0 saturated heterocycles. The van der Waals surface area contributed by atoms with Crippen molar-refractivity contribution >= 4 is 0 Å². The Morgan fingerprint density at radius 3 is 1.31 bits per heavy atom. The maximum Gasteiger partial charge on any atom is -0.0446 e. The molecule has 0 radical (unpaired) electrons. The summed E-state index contributed by atoms with van der Waals surface area (Å²) in [6, 6.07) is 0. The molecule has 16 heavy (non-hydrogen) atoms. The quantitative estimate of drug-likeness (QED) is 0.390. The molecule has 0 amide bonds. The lowest BCUT2D eigenvalue weighted by Gasteiger charge is -2.02. The van der Waals surface area contributed by atoms with Crippen LogP contribution in [0.2, 0.25) is 0 Å². The van der Waals surface area contributed by atoms with E-state index in [-0.39, 0.29) is 0 Å². The molecule has 0 heterocycles. The molecule has 1 unspecified atom stereocenters. The van der Waals surface area contributed by atoms with Gasteiger partial charge in [0.25, 0.3) is 0 Å². The Balaban J connectivity index is 0. The molecule has 1 atom stereocenters. The third-order valence-electron chi connectivity index (χ3n) is 3.19. The summed E-state index contributed by atoms with van der Waals surface area (Å²) in [6.45, 7) is 11.3. The Morgan fingerprint density at radius 2 is 1.06 bits per heavy atom. The van der Waals surface area contributed by atoms with Crippen molar-refractivity contribution in [2.75, 3.05) is 0 Å². The Kier molecular flexibility index (Phi) is 20.0. The standard InChI is InChI=1S/C9H20.C7H16/c1-3-5-7-9-8-6-4-2;1-4-6-7(3)5-2/h3-9H2,1-2H3;7H,4-6H2,1-3H3. The van der Waals surface area contributed by atoms with E-state index in [2.05, 4.69) is 34.6 Å². The number of hydrogen-bond donors (Lipinski definition) is 0. The van der Waals surface area contributed by atoms with E-state index in [9.17, 15) is 0 Å². The van der Waals surface area contributed by atoms with Crippen molar-refractivity contribution in [3.63, 3.8) is 0 Å². The van der Waals surface area contributed by atoms with E-state index in [4.69, 9.17) is 0 Å². The Bertz CT molecular complexity index is 90.2. The average Bonchev–Trinajstić information content (AvgIpc) is 2.30. The zero-order valence-electron chi connectivity index (χ0n) is 12.6. The molecule has 0 rings (SSSR count). The first-order valence-corrected chi connectivity index (χ1v) is 7.72. The minimum absolute atomic E-state index is 0.949. The highest BCUT2D eigenvalue weighted by atomic mass is 14.0. The van der Waals surface area contributed by atoms with Crippen LogP contribution in [-0.4, -0.2) is 0 Å². The molecule has 0 aromatic carbocycles. The molecule has 0 bridgehead atoms. The SMILES string of the molecule is CCCC(C)CC.CCCCCCCCC. The van der Waals surface area contributed by atoms with Crippen molar-refractivity contribution < 1.29 is 0 Å². The summed E-state index contributed by atoms with van der Waals surface area (Å²) in [5.74, 6) is 0.949. The van der Waals surface area contributed by atoms with Gasteiger partial charge in [-0.1, -0.05) is 98.8 Å². The van der Waals surface area contributed by atoms with Crippen molar-refractivity contribution in [3.05, 3.63) is 0 Å². The van der Waals surface area contributed by atoms with Crippen LogP contribution in [0.4, 0.5) is 0 Å². The third kappa shape index (κ3) is 19.6. The van der Waals surface area contributed by atoms with E-state index in [1.165, 1.54) is 64.2 Å². The number of hydrogen-bond acceptors (Lipinski definition) is 0. The second kappa shape index (κ2) is 17.4. The summed E-state index contributed by atoms with van der Waals surface area (Å²) >= 11 is 0. The number of rotatable bonds is 9. The molecule has 0 spiro atoms. The minimum Gasteiger partial charge on any atom is -0.0654 e. The van der Waals surface area contributed by atoms with Crippen molar-refractivity contribution in [1.29, 1.82) is 0 Å². The van der Waals surface area contributed by atoms with Crippen LogP contribution in [0.5, 0.6) is 0 Å². The molecule has 100 valence electrons. The molecule has 0 aliphatic rings. The maximum absolute atomic E-state index is 2.31. The summed E-state index contributed by atoms with van der Waals surface area (Å²) in [7, 11) is 0. The van der Waals surface area contributed by atoms with E-state index >= 15 is 0 Å². The van der Waals surface area contributed by atoms with E-state index in [1.807, 2.05) is 0 Å². The van der Waals surface area contributed by atoms with Gasteiger partial charge in [0, 0.05) is 0 Å². The van der Waals surface area contributed by atoms with Crippen molar-refractivity contribution in [2.24, 2.45) is 5.92 Å². The topological polar surface area (TPSA) is 0 Å². The van der Waals surface area contributed by atoms with Crippen LogP contribution in [0.15, 0.2) is 0 Å². The zero-order chi connectivity index (χ0) is 12.6. The molecule has 0 aromatic rings. The van der Waals surface area contributed by atoms with Crippen LogP contribution in [0.1, 0.15) is 98.8 Å². The molecule has 0 heteroatoms. The highest BCUT2D eigenvalue weighted by Crippen LogP contribution is 2.07. The summed E-state index contributed by atoms with van der Waals surface area (Å²) < 4.78 is 0. The second-order valence-corrected chi connectivity index (χ2v) is 5.07. The molecule has 0 aliphatic heterocycles. The van der Waals surface area contributed by atoms with Crippen LogP contribution in [0.3, 0.4) is 0 Å². The van der Waals surface area contributed by atoms with Crippen LogP contribution in [0, 0.1) is 5.92 Å². The van der Waals surface area contributed by atoms with Gasteiger partial charge in [0.05, 0.1) is 0 Å². The first-order chi connectivity index (χ1) is 7.72. The molecule has 0 aliphatic carbocycles. The van der Waals surface area contributed by atoms with Gasteiger partial charge in [0.2, 0.25) is 0 Å². The van der Waals surface area contributed by atoms with Gasteiger partial charge in [-0.05, 0) is 5.92 Å². The largest absolute Gasteiger partial charge is 0.0654 e. The molecule has 0 N–H and O–H groups in total. The van der Waals surface area contributed by atoms with E-state index in [0.29, 0.717) is 0 Å². The molecule has 0 nitrogen and oxygen atoms in total. The monoisotopic (exact) mass is 228 g/mol. The van der Waals surface area contributed by atoms with Crippen molar-refractivity contribution in [3.8, 4) is 0 Å². The average molecular weight is 228 g/mol. The fourth-order valence-electron chi connectivity index (χ4n) is 1.73. The lowest BCUT2D eigenvalue weighted by atomic mass is 10.0.